The zero-order chi connectivity index (χ0) is 25.4. The first-order valence-corrected chi connectivity index (χ1v) is 11.6. The molecule has 2 fully saturated rings. The van der Waals surface area contributed by atoms with E-state index in [0.29, 0.717) is 29.2 Å². The number of rotatable bonds is 11. The number of carbonyl (C=O) groups is 1. The summed E-state index contributed by atoms with van der Waals surface area (Å²) in [6, 6.07) is 6.39. The lowest BCUT2D eigenvalue weighted by molar-refractivity contribution is -0.132. The van der Waals surface area contributed by atoms with Crippen LogP contribution in [-0.2, 0) is 0 Å². The molecule has 192 valence electrons. The molecule has 11 heteroatoms. The molecule has 0 spiro atoms. The SMILES string of the molecule is COc1cc(-c2cnc3cc(OCCN4CC(F)(F)C4)ccn23)cc(OC(F)F)c1C(=O)CC1CC1. The molecular formula is C25H25F4N3O4. The summed E-state index contributed by atoms with van der Waals surface area (Å²) >= 11 is 0. The average Bonchev–Trinajstić information content (AvgIpc) is 3.52. The van der Waals surface area contributed by atoms with Gasteiger partial charge in [-0.2, -0.15) is 8.78 Å². The molecule has 3 heterocycles. The third-order valence-corrected chi connectivity index (χ3v) is 6.32. The zero-order valence-corrected chi connectivity index (χ0v) is 19.6. The van der Waals surface area contributed by atoms with Gasteiger partial charge in [-0.05, 0) is 37.0 Å². The summed E-state index contributed by atoms with van der Waals surface area (Å²) in [7, 11) is 1.37. The van der Waals surface area contributed by atoms with Crippen LogP contribution in [0.5, 0.6) is 17.2 Å². The number of ketones is 1. The first-order chi connectivity index (χ1) is 17.2. The number of pyridine rings is 1. The number of halogens is 4. The molecular weight excluding hydrogens is 482 g/mol. The quantitative estimate of drug-likeness (QED) is 0.271. The van der Waals surface area contributed by atoms with Crippen molar-refractivity contribution in [1.29, 1.82) is 0 Å². The standard InChI is InChI=1S/C25H25F4N3O4/c1-34-20-9-16(10-21(36-24(26)27)23(20)19(33)8-15-2-3-15)18-12-30-22-11-17(4-5-32(18)22)35-7-6-31-13-25(28,29)14-31/h4-5,9-12,15,24H,2-3,6-8,13-14H2,1H3. The number of benzene rings is 1. The smallest absolute Gasteiger partial charge is 0.387 e. The Balaban J connectivity index is 1.38. The first kappa shape index (κ1) is 24.4. The van der Waals surface area contributed by atoms with Crippen molar-refractivity contribution < 1.29 is 36.6 Å². The number of ether oxygens (including phenoxy) is 3. The molecule has 0 unspecified atom stereocenters. The van der Waals surface area contributed by atoms with Gasteiger partial charge < -0.3 is 14.2 Å². The van der Waals surface area contributed by atoms with E-state index in [4.69, 9.17) is 14.2 Å². The van der Waals surface area contributed by atoms with Crippen molar-refractivity contribution in [1.82, 2.24) is 14.3 Å². The molecule has 2 aromatic heterocycles. The second-order valence-corrected chi connectivity index (χ2v) is 9.15. The van der Waals surface area contributed by atoms with Gasteiger partial charge in [0, 0.05) is 30.8 Å². The maximum atomic E-state index is 13.2. The Bertz CT molecular complexity index is 1270. The first-order valence-electron chi connectivity index (χ1n) is 11.6. The van der Waals surface area contributed by atoms with Crippen molar-refractivity contribution >= 4 is 11.4 Å². The summed E-state index contributed by atoms with van der Waals surface area (Å²) in [5.74, 6) is -2.21. The van der Waals surface area contributed by atoms with Crippen LogP contribution in [0.4, 0.5) is 17.6 Å². The van der Waals surface area contributed by atoms with E-state index in [1.54, 1.807) is 39.9 Å². The molecule has 2 aliphatic rings. The summed E-state index contributed by atoms with van der Waals surface area (Å²) in [5.41, 5.74) is 1.59. The minimum Gasteiger partial charge on any atom is -0.496 e. The van der Waals surface area contributed by atoms with Gasteiger partial charge in [-0.1, -0.05) is 0 Å². The molecule has 1 saturated carbocycles. The molecule has 1 aliphatic heterocycles. The summed E-state index contributed by atoms with van der Waals surface area (Å²) < 4.78 is 69.9. The predicted octanol–water partition coefficient (Wildman–Crippen LogP) is 4.92. The highest BCUT2D eigenvalue weighted by atomic mass is 19.3. The molecule has 0 bridgehead atoms. The number of methoxy groups -OCH3 is 1. The second-order valence-electron chi connectivity index (χ2n) is 9.15. The highest BCUT2D eigenvalue weighted by molar-refractivity contribution is 6.02. The lowest BCUT2D eigenvalue weighted by atomic mass is 10.00. The second kappa shape index (κ2) is 9.61. The van der Waals surface area contributed by atoms with Crippen molar-refractivity contribution in [3.8, 4) is 28.5 Å². The zero-order valence-electron chi connectivity index (χ0n) is 19.6. The molecule has 1 aliphatic carbocycles. The Morgan fingerprint density at radius 3 is 2.61 bits per heavy atom. The van der Waals surface area contributed by atoms with Gasteiger partial charge in [0.2, 0.25) is 0 Å². The van der Waals surface area contributed by atoms with Crippen LogP contribution in [0.1, 0.15) is 29.6 Å². The number of alkyl halides is 4. The van der Waals surface area contributed by atoms with Gasteiger partial charge in [0.15, 0.2) is 5.78 Å². The van der Waals surface area contributed by atoms with Crippen LogP contribution in [0.25, 0.3) is 16.9 Å². The highest BCUT2D eigenvalue weighted by Gasteiger charge is 2.43. The summed E-state index contributed by atoms with van der Waals surface area (Å²) in [5, 5.41) is 0. The fourth-order valence-corrected chi connectivity index (χ4v) is 4.37. The largest absolute Gasteiger partial charge is 0.496 e. The number of fused-ring (bicyclic) bond motifs is 1. The molecule has 7 nitrogen and oxygen atoms in total. The van der Waals surface area contributed by atoms with Gasteiger partial charge in [0.05, 0.1) is 32.1 Å². The van der Waals surface area contributed by atoms with Crippen molar-refractivity contribution in [2.45, 2.75) is 31.8 Å². The molecule has 36 heavy (non-hydrogen) atoms. The number of carbonyl (C=O) groups excluding carboxylic acids is 1. The van der Waals surface area contributed by atoms with Gasteiger partial charge in [0.1, 0.15) is 35.1 Å². The third-order valence-electron chi connectivity index (χ3n) is 6.32. The van der Waals surface area contributed by atoms with Crippen LogP contribution in [0.2, 0.25) is 0 Å². The molecule has 3 aromatic rings. The summed E-state index contributed by atoms with van der Waals surface area (Å²) in [6.07, 6.45) is 5.41. The van der Waals surface area contributed by atoms with Gasteiger partial charge in [-0.25, -0.2) is 13.8 Å². The lowest BCUT2D eigenvalue weighted by Crippen LogP contribution is -2.56. The third kappa shape index (κ3) is 5.25. The van der Waals surface area contributed by atoms with E-state index in [1.807, 2.05) is 0 Å². The van der Waals surface area contributed by atoms with E-state index in [0.717, 1.165) is 12.8 Å². The molecule has 0 atom stereocenters. The van der Waals surface area contributed by atoms with Crippen LogP contribution in [0, 0.1) is 5.92 Å². The molecule has 0 amide bonds. The maximum absolute atomic E-state index is 13.2. The Hall–Kier alpha value is -3.34. The van der Waals surface area contributed by atoms with Crippen LogP contribution < -0.4 is 14.2 Å². The van der Waals surface area contributed by atoms with Gasteiger partial charge in [-0.3, -0.25) is 14.1 Å². The van der Waals surface area contributed by atoms with E-state index < -0.39 is 12.5 Å². The topological polar surface area (TPSA) is 65.3 Å². The number of aromatic nitrogens is 2. The maximum Gasteiger partial charge on any atom is 0.387 e. The van der Waals surface area contributed by atoms with Gasteiger partial charge >= 0.3 is 6.61 Å². The fourth-order valence-electron chi connectivity index (χ4n) is 4.37. The van der Waals surface area contributed by atoms with E-state index in [1.165, 1.54) is 13.2 Å². The molecule has 0 N–H and O–H groups in total. The Kier molecular flexibility index (Phi) is 6.50. The predicted molar refractivity (Wildman–Crippen MR) is 122 cm³/mol. The summed E-state index contributed by atoms with van der Waals surface area (Å²) in [4.78, 5) is 18.8. The van der Waals surface area contributed by atoms with E-state index in [-0.39, 0.29) is 54.9 Å². The number of nitrogens with zero attached hydrogens (tertiary/aromatic N) is 3. The Morgan fingerprint density at radius 1 is 1.19 bits per heavy atom. The number of likely N-dealkylation sites (tertiary alicyclic amines) is 1. The molecule has 1 saturated heterocycles. The molecule has 5 rings (SSSR count). The Morgan fingerprint density at radius 2 is 1.94 bits per heavy atom. The summed E-state index contributed by atoms with van der Waals surface area (Å²) in [6.45, 7) is -2.99. The van der Waals surface area contributed by atoms with Crippen LogP contribution in [0.3, 0.4) is 0 Å². The van der Waals surface area contributed by atoms with Crippen LogP contribution in [-0.4, -0.2) is 66.0 Å². The van der Waals surface area contributed by atoms with Gasteiger partial charge in [0.25, 0.3) is 5.92 Å². The molecule has 0 radical (unpaired) electrons. The number of hydrogen-bond donors (Lipinski definition) is 0. The van der Waals surface area contributed by atoms with Crippen molar-refractivity contribution in [3.05, 3.63) is 42.2 Å². The van der Waals surface area contributed by atoms with Crippen molar-refractivity contribution in [2.24, 2.45) is 5.92 Å². The van der Waals surface area contributed by atoms with E-state index >= 15 is 0 Å². The van der Waals surface area contributed by atoms with E-state index in [2.05, 4.69) is 4.98 Å². The highest BCUT2D eigenvalue weighted by Crippen LogP contribution is 2.40. The number of imidazole rings is 1. The minimum atomic E-state index is -3.11. The van der Waals surface area contributed by atoms with Gasteiger partial charge in [-0.15, -0.1) is 0 Å². The number of hydrogen-bond acceptors (Lipinski definition) is 6. The monoisotopic (exact) mass is 507 g/mol. The average molecular weight is 507 g/mol. The van der Waals surface area contributed by atoms with E-state index in [9.17, 15) is 22.4 Å². The normalized spacial score (nSPS) is 17.3. The lowest BCUT2D eigenvalue weighted by Gasteiger charge is -2.38. The minimum absolute atomic E-state index is 0.0120. The van der Waals surface area contributed by atoms with Crippen LogP contribution in [0.15, 0.2) is 36.7 Å². The van der Waals surface area contributed by atoms with Crippen molar-refractivity contribution in [3.63, 3.8) is 0 Å². The van der Waals surface area contributed by atoms with Crippen molar-refractivity contribution in [2.75, 3.05) is 33.4 Å². The fraction of sp³-hybridized carbons (Fsp3) is 0.440. The molecule has 1 aromatic carbocycles. The number of Topliss-reactive ketones (excluding diaryl/α,β-unsaturated/α-hetero) is 1. The Labute approximate surface area is 204 Å². The van der Waals surface area contributed by atoms with Crippen LogP contribution >= 0.6 is 0 Å².